The zero-order chi connectivity index (χ0) is 17.8. The topological polar surface area (TPSA) is 48.7 Å². The van der Waals surface area contributed by atoms with E-state index in [4.69, 9.17) is 13.9 Å². The Bertz CT molecular complexity index is 940. The van der Waals surface area contributed by atoms with Gasteiger partial charge in [-0.15, -0.1) is 11.8 Å². The van der Waals surface area contributed by atoms with Gasteiger partial charge in [-0.25, -0.2) is 0 Å². The summed E-state index contributed by atoms with van der Waals surface area (Å²) < 4.78 is 16.4. The van der Waals surface area contributed by atoms with Crippen molar-refractivity contribution in [3.8, 4) is 11.5 Å². The van der Waals surface area contributed by atoms with E-state index < -0.39 is 0 Å². The number of para-hydroxylation sites is 1. The Morgan fingerprint density at radius 2 is 1.88 bits per heavy atom. The van der Waals surface area contributed by atoms with Gasteiger partial charge in [0.1, 0.15) is 11.5 Å². The molecule has 0 unspecified atom stereocenters. The number of allylic oxidation sites excluding steroid dienone is 1. The summed E-state index contributed by atoms with van der Waals surface area (Å²) >= 11 is 1.58. The van der Waals surface area contributed by atoms with Gasteiger partial charge >= 0.3 is 0 Å². The third-order valence-electron chi connectivity index (χ3n) is 3.81. The molecule has 128 valence electrons. The Kier molecular flexibility index (Phi) is 5.14. The summed E-state index contributed by atoms with van der Waals surface area (Å²) in [7, 11) is 3.20. The van der Waals surface area contributed by atoms with Gasteiger partial charge in [0, 0.05) is 15.8 Å². The maximum absolute atomic E-state index is 12.4. The first-order chi connectivity index (χ1) is 12.2. The minimum Gasteiger partial charge on any atom is -0.496 e. The normalized spacial score (nSPS) is 11.2. The SMILES string of the molecule is COc1cc(C(=O)C=Cc2cc3cccc(OC)c3o2)ccc1SC. The molecule has 0 aliphatic carbocycles. The first-order valence-electron chi connectivity index (χ1n) is 7.67. The van der Waals surface area contributed by atoms with Crippen LogP contribution in [0.5, 0.6) is 11.5 Å². The smallest absolute Gasteiger partial charge is 0.186 e. The van der Waals surface area contributed by atoms with Crippen molar-refractivity contribution in [1.82, 2.24) is 0 Å². The van der Waals surface area contributed by atoms with Crippen molar-refractivity contribution >= 4 is 34.6 Å². The summed E-state index contributed by atoms with van der Waals surface area (Å²) in [4.78, 5) is 13.4. The molecule has 0 fully saturated rings. The molecule has 3 rings (SSSR count). The number of ketones is 1. The molecule has 4 nitrogen and oxygen atoms in total. The van der Waals surface area contributed by atoms with Crippen LogP contribution in [0.2, 0.25) is 0 Å². The summed E-state index contributed by atoms with van der Waals surface area (Å²) in [5, 5.41) is 0.928. The molecular weight excluding hydrogens is 336 g/mol. The van der Waals surface area contributed by atoms with Crippen molar-refractivity contribution < 1.29 is 18.7 Å². The van der Waals surface area contributed by atoms with E-state index >= 15 is 0 Å². The van der Waals surface area contributed by atoms with E-state index in [1.54, 1.807) is 44.2 Å². The minimum absolute atomic E-state index is 0.113. The lowest BCUT2D eigenvalue weighted by Crippen LogP contribution is -1.96. The molecule has 2 aromatic carbocycles. The van der Waals surface area contributed by atoms with Gasteiger partial charge in [0.2, 0.25) is 0 Å². The van der Waals surface area contributed by atoms with E-state index in [2.05, 4.69) is 0 Å². The number of ether oxygens (including phenoxy) is 2. The largest absolute Gasteiger partial charge is 0.496 e. The van der Waals surface area contributed by atoms with Crippen LogP contribution in [0.4, 0.5) is 0 Å². The van der Waals surface area contributed by atoms with Crippen LogP contribution in [-0.4, -0.2) is 26.3 Å². The fourth-order valence-corrected chi connectivity index (χ4v) is 3.09. The number of thioether (sulfide) groups is 1. The van der Waals surface area contributed by atoms with Crippen molar-refractivity contribution in [2.75, 3.05) is 20.5 Å². The van der Waals surface area contributed by atoms with E-state index in [0.717, 1.165) is 10.3 Å². The second kappa shape index (κ2) is 7.49. The van der Waals surface area contributed by atoms with Gasteiger partial charge in [-0.3, -0.25) is 4.79 Å². The van der Waals surface area contributed by atoms with E-state index in [1.807, 2.05) is 36.6 Å². The predicted octanol–water partition coefficient (Wildman–Crippen LogP) is 5.07. The maximum Gasteiger partial charge on any atom is 0.186 e. The fourth-order valence-electron chi connectivity index (χ4n) is 2.54. The maximum atomic E-state index is 12.4. The molecule has 0 aliphatic rings. The standard InChI is InChI=1S/C20H18O4S/c1-22-17-6-4-5-14-11-15(24-20(14)17)8-9-16(21)13-7-10-19(25-3)18(12-13)23-2/h4-12H,1-3H3. The van der Waals surface area contributed by atoms with Crippen LogP contribution in [0.1, 0.15) is 16.1 Å². The molecule has 0 amide bonds. The highest BCUT2D eigenvalue weighted by atomic mass is 32.2. The van der Waals surface area contributed by atoms with Crippen LogP contribution < -0.4 is 9.47 Å². The Morgan fingerprint density at radius 1 is 1.08 bits per heavy atom. The van der Waals surface area contributed by atoms with Crippen LogP contribution in [-0.2, 0) is 0 Å². The van der Waals surface area contributed by atoms with Crippen molar-refractivity contribution in [3.05, 3.63) is 59.9 Å². The highest BCUT2D eigenvalue weighted by Gasteiger charge is 2.09. The lowest BCUT2D eigenvalue weighted by molar-refractivity contribution is 0.104. The van der Waals surface area contributed by atoms with Gasteiger partial charge in [0.25, 0.3) is 0 Å². The van der Waals surface area contributed by atoms with Crippen LogP contribution in [0.25, 0.3) is 17.0 Å². The lowest BCUT2D eigenvalue weighted by atomic mass is 10.1. The zero-order valence-corrected chi connectivity index (χ0v) is 15.1. The third-order valence-corrected chi connectivity index (χ3v) is 4.59. The van der Waals surface area contributed by atoms with Gasteiger partial charge in [0.15, 0.2) is 17.1 Å². The van der Waals surface area contributed by atoms with Crippen molar-refractivity contribution in [2.24, 2.45) is 0 Å². The Hall–Kier alpha value is -2.66. The van der Waals surface area contributed by atoms with Gasteiger partial charge in [-0.1, -0.05) is 12.1 Å². The molecule has 0 N–H and O–H groups in total. The van der Waals surface area contributed by atoms with Crippen LogP contribution >= 0.6 is 11.8 Å². The third kappa shape index (κ3) is 3.56. The van der Waals surface area contributed by atoms with Gasteiger partial charge < -0.3 is 13.9 Å². The first kappa shape index (κ1) is 17.2. The summed E-state index contributed by atoms with van der Waals surface area (Å²) in [5.74, 6) is 1.85. The Labute approximate surface area is 150 Å². The van der Waals surface area contributed by atoms with Crippen LogP contribution in [0.3, 0.4) is 0 Å². The number of hydrogen-bond donors (Lipinski definition) is 0. The molecule has 1 aromatic heterocycles. The zero-order valence-electron chi connectivity index (χ0n) is 14.2. The van der Waals surface area contributed by atoms with Gasteiger partial charge in [-0.2, -0.15) is 0 Å². The number of fused-ring (bicyclic) bond motifs is 1. The average molecular weight is 354 g/mol. The molecule has 1 heterocycles. The van der Waals surface area contributed by atoms with Crippen molar-refractivity contribution in [2.45, 2.75) is 4.90 Å². The fraction of sp³-hybridized carbons (Fsp3) is 0.150. The van der Waals surface area contributed by atoms with Gasteiger partial charge in [-0.05, 0) is 48.7 Å². The van der Waals surface area contributed by atoms with E-state index in [0.29, 0.717) is 28.4 Å². The van der Waals surface area contributed by atoms with Crippen molar-refractivity contribution in [3.63, 3.8) is 0 Å². The Morgan fingerprint density at radius 3 is 2.60 bits per heavy atom. The quantitative estimate of drug-likeness (QED) is 0.351. The number of carbonyl (C=O) groups excluding carboxylic acids is 1. The molecule has 0 spiro atoms. The average Bonchev–Trinajstić information content (AvgIpc) is 3.08. The second-order valence-electron chi connectivity index (χ2n) is 5.29. The summed E-state index contributed by atoms with van der Waals surface area (Å²) in [5.41, 5.74) is 1.24. The minimum atomic E-state index is -0.113. The molecule has 5 heteroatoms. The number of rotatable bonds is 6. The van der Waals surface area contributed by atoms with E-state index in [9.17, 15) is 4.79 Å². The highest BCUT2D eigenvalue weighted by molar-refractivity contribution is 7.98. The molecule has 0 aliphatic heterocycles. The lowest BCUT2D eigenvalue weighted by Gasteiger charge is -2.07. The van der Waals surface area contributed by atoms with Crippen molar-refractivity contribution in [1.29, 1.82) is 0 Å². The predicted molar refractivity (Wildman–Crippen MR) is 101 cm³/mol. The molecule has 0 saturated carbocycles. The number of carbonyl (C=O) groups is 1. The van der Waals surface area contributed by atoms with Crippen LogP contribution in [0.15, 0.2) is 57.9 Å². The van der Waals surface area contributed by atoms with Crippen LogP contribution in [0, 0.1) is 0 Å². The molecule has 0 atom stereocenters. The molecule has 3 aromatic rings. The van der Waals surface area contributed by atoms with E-state index in [1.165, 1.54) is 6.08 Å². The molecular formula is C20H18O4S. The van der Waals surface area contributed by atoms with Gasteiger partial charge in [0.05, 0.1) is 14.2 Å². The number of hydrogen-bond acceptors (Lipinski definition) is 5. The monoisotopic (exact) mass is 354 g/mol. The molecule has 25 heavy (non-hydrogen) atoms. The first-order valence-corrected chi connectivity index (χ1v) is 8.89. The summed E-state index contributed by atoms with van der Waals surface area (Å²) in [6.07, 6.45) is 5.13. The second-order valence-corrected chi connectivity index (χ2v) is 6.14. The molecule has 0 saturated heterocycles. The molecule has 0 radical (unpaired) electrons. The Balaban J connectivity index is 1.85. The number of benzene rings is 2. The summed E-state index contributed by atoms with van der Waals surface area (Å²) in [6, 6.07) is 13.0. The highest BCUT2D eigenvalue weighted by Crippen LogP contribution is 2.30. The molecule has 0 bridgehead atoms. The van der Waals surface area contributed by atoms with E-state index in [-0.39, 0.29) is 5.78 Å². The summed E-state index contributed by atoms with van der Waals surface area (Å²) in [6.45, 7) is 0. The number of furan rings is 1. The number of methoxy groups -OCH3 is 2.